The van der Waals surface area contributed by atoms with Gasteiger partial charge in [-0.3, -0.25) is 4.21 Å². The summed E-state index contributed by atoms with van der Waals surface area (Å²) in [7, 11) is -1.17. The summed E-state index contributed by atoms with van der Waals surface area (Å²) < 4.78 is 12.1. The largest absolute Gasteiger partial charge is 0.387 e. The van der Waals surface area contributed by atoms with Crippen LogP contribution in [0.4, 0.5) is 0 Å². The van der Waals surface area contributed by atoms with Crippen molar-refractivity contribution in [3.63, 3.8) is 0 Å². The van der Waals surface area contributed by atoms with Gasteiger partial charge in [-0.2, -0.15) is 0 Å². The Bertz CT molecular complexity index is 520. The van der Waals surface area contributed by atoms with Crippen LogP contribution in [0.15, 0.2) is 59.5 Å². The highest BCUT2D eigenvalue weighted by Gasteiger charge is 2.12. The second kappa shape index (κ2) is 5.94. The third kappa shape index (κ3) is 3.28. The molecule has 2 aromatic carbocycles. The lowest BCUT2D eigenvalue weighted by Crippen LogP contribution is -2.09. The van der Waals surface area contributed by atoms with Gasteiger partial charge in [-0.05, 0) is 24.6 Å². The van der Waals surface area contributed by atoms with Gasteiger partial charge in [-0.15, -0.1) is 0 Å². The number of rotatable bonds is 4. The van der Waals surface area contributed by atoms with E-state index in [-0.39, 0.29) is 5.75 Å². The highest BCUT2D eigenvalue weighted by Crippen LogP contribution is 2.17. The standard InChI is InChI=1S/C15H16O2S/c1-12-7-9-14(10-8-12)18(17)11-15(16)13-5-3-2-4-6-13/h2-10,15-16H,11H2,1H3/t15-,18-/m1/s1. The predicted molar refractivity (Wildman–Crippen MR) is 73.9 cm³/mol. The molecular weight excluding hydrogens is 244 g/mol. The zero-order chi connectivity index (χ0) is 13.0. The van der Waals surface area contributed by atoms with Crippen molar-refractivity contribution in [2.45, 2.75) is 17.9 Å². The molecule has 0 saturated carbocycles. The van der Waals surface area contributed by atoms with E-state index in [2.05, 4.69) is 0 Å². The van der Waals surface area contributed by atoms with E-state index in [0.717, 1.165) is 16.0 Å². The van der Waals surface area contributed by atoms with Gasteiger partial charge in [-0.25, -0.2) is 0 Å². The fraction of sp³-hybridized carbons (Fsp3) is 0.200. The van der Waals surface area contributed by atoms with Crippen LogP contribution in [0.1, 0.15) is 17.2 Å². The molecule has 0 aliphatic heterocycles. The van der Waals surface area contributed by atoms with Crippen LogP contribution in [0.3, 0.4) is 0 Å². The third-order valence-electron chi connectivity index (χ3n) is 2.78. The topological polar surface area (TPSA) is 37.3 Å². The molecule has 0 aromatic heterocycles. The van der Waals surface area contributed by atoms with Crippen molar-refractivity contribution < 1.29 is 9.32 Å². The van der Waals surface area contributed by atoms with Gasteiger partial charge in [0.1, 0.15) is 0 Å². The fourth-order valence-corrected chi connectivity index (χ4v) is 2.81. The summed E-state index contributed by atoms with van der Waals surface area (Å²) in [6.45, 7) is 1.99. The summed E-state index contributed by atoms with van der Waals surface area (Å²) in [5.41, 5.74) is 1.94. The van der Waals surface area contributed by atoms with Gasteiger partial charge >= 0.3 is 0 Å². The van der Waals surface area contributed by atoms with E-state index >= 15 is 0 Å². The molecule has 94 valence electrons. The Kier molecular flexibility index (Phi) is 4.28. The summed E-state index contributed by atoms with van der Waals surface area (Å²) in [6, 6.07) is 16.9. The molecule has 0 radical (unpaired) electrons. The van der Waals surface area contributed by atoms with Gasteiger partial charge in [0.05, 0.1) is 22.7 Å². The third-order valence-corrected chi connectivity index (χ3v) is 4.19. The molecule has 0 heterocycles. The van der Waals surface area contributed by atoms with Crippen molar-refractivity contribution in [2.75, 3.05) is 5.75 Å². The quantitative estimate of drug-likeness (QED) is 0.918. The van der Waals surface area contributed by atoms with E-state index in [4.69, 9.17) is 0 Å². The van der Waals surface area contributed by atoms with Crippen LogP contribution in [0, 0.1) is 6.92 Å². The highest BCUT2D eigenvalue weighted by atomic mass is 32.2. The number of benzene rings is 2. The molecule has 0 amide bonds. The first-order chi connectivity index (χ1) is 8.66. The van der Waals surface area contributed by atoms with Crippen LogP contribution in [0.2, 0.25) is 0 Å². The van der Waals surface area contributed by atoms with E-state index in [0.29, 0.717) is 0 Å². The Balaban J connectivity index is 2.06. The van der Waals surface area contributed by atoms with Gasteiger partial charge in [-0.1, -0.05) is 48.0 Å². The monoisotopic (exact) mass is 260 g/mol. The zero-order valence-electron chi connectivity index (χ0n) is 10.2. The van der Waals surface area contributed by atoms with Crippen LogP contribution in [0.5, 0.6) is 0 Å². The predicted octanol–water partition coefficient (Wildman–Crippen LogP) is 2.84. The van der Waals surface area contributed by atoms with E-state index in [9.17, 15) is 9.32 Å². The number of aryl methyl sites for hydroxylation is 1. The van der Waals surface area contributed by atoms with Gasteiger partial charge in [0.25, 0.3) is 0 Å². The molecule has 0 unspecified atom stereocenters. The zero-order valence-corrected chi connectivity index (χ0v) is 11.1. The smallest absolute Gasteiger partial charge is 0.0908 e. The van der Waals surface area contributed by atoms with E-state index in [1.165, 1.54) is 0 Å². The Morgan fingerprint density at radius 3 is 2.28 bits per heavy atom. The lowest BCUT2D eigenvalue weighted by Gasteiger charge is -2.10. The molecule has 0 aliphatic rings. The number of aliphatic hydroxyl groups is 1. The number of aliphatic hydroxyl groups excluding tert-OH is 1. The summed E-state index contributed by atoms with van der Waals surface area (Å²) >= 11 is 0. The Morgan fingerprint density at radius 1 is 1.06 bits per heavy atom. The second-order valence-electron chi connectivity index (χ2n) is 4.25. The van der Waals surface area contributed by atoms with Crippen molar-refractivity contribution in [3.8, 4) is 0 Å². The van der Waals surface area contributed by atoms with Gasteiger partial charge in [0.15, 0.2) is 0 Å². The molecule has 2 nitrogen and oxygen atoms in total. The summed E-state index contributed by atoms with van der Waals surface area (Å²) in [5.74, 6) is 0.229. The minimum Gasteiger partial charge on any atom is -0.387 e. The number of hydrogen-bond acceptors (Lipinski definition) is 2. The summed E-state index contributed by atoms with van der Waals surface area (Å²) in [4.78, 5) is 0.760. The first-order valence-electron chi connectivity index (χ1n) is 5.85. The van der Waals surface area contributed by atoms with Crippen LogP contribution < -0.4 is 0 Å². The molecule has 2 atom stereocenters. The van der Waals surface area contributed by atoms with Crippen LogP contribution >= 0.6 is 0 Å². The van der Waals surface area contributed by atoms with Crippen LogP contribution in [-0.4, -0.2) is 15.1 Å². The van der Waals surface area contributed by atoms with E-state index < -0.39 is 16.9 Å². The average molecular weight is 260 g/mol. The molecule has 0 bridgehead atoms. The molecule has 2 aromatic rings. The fourth-order valence-electron chi connectivity index (χ4n) is 1.70. The minimum absolute atomic E-state index is 0.229. The average Bonchev–Trinajstić information content (AvgIpc) is 2.40. The van der Waals surface area contributed by atoms with Crippen molar-refractivity contribution in [1.82, 2.24) is 0 Å². The molecule has 3 heteroatoms. The van der Waals surface area contributed by atoms with Gasteiger partial charge in [0.2, 0.25) is 0 Å². The molecule has 0 saturated heterocycles. The highest BCUT2D eigenvalue weighted by molar-refractivity contribution is 7.85. The summed E-state index contributed by atoms with van der Waals surface area (Å²) in [5, 5.41) is 10.0. The molecule has 18 heavy (non-hydrogen) atoms. The molecule has 0 spiro atoms. The van der Waals surface area contributed by atoms with Crippen LogP contribution in [-0.2, 0) is 10.8 Å². The van der Waals surface area contributed by atoms with Crippen LogP contribution in [0.25, 0.3) is 0 Å². The molecule has 0 fully saturated rings. The first-order valence-corrected chi connectivity index (χ1v) is 7.17. The van der Waals surface area contributed by atoms with Crippen molar-refractivity contribution in [1.29, 1.82) is 0 Å². The normalized spacial score (nSPS) is 14.1. The van der Waals surface area contributed by atoms with Crippen molar-refractivity contribution in [2.24, 2.45) is 0 Å². The maximum absolute atomic E-state index is 12.1. The molecule has 0 aliphatic carbocycles. The lowest BCUT2D eigenvalue weighted by atomic mass is 10.1. The molecule has 2 rings (SSSR count). The van der Waals surface area contributed by atoms with Gasteiger partial charge < -0.3 is 5.11 Å². The van der Waals surface area contributed by atoms with E-state index in [1.54, 1.807) is 0 Å². The first kappa shape index (κ1) is 13.0. The lowest BCUT2D eigenvalue weighted by molar-refractivity contribution is 0.203. The Labute approximate surface area is 110 Å². The molecular formula is C15H16O2S. The maximum atomic E-state index is 12.1. The van der Waals surface area contributed by atoms with Crippen molar-refractivity contribution >= 4 is 10.8 Å². The maximum Gasteiger partial charge on any atom is 0.0908 e. The van der Waals surface area contributed by atoms with Crippen molar-refractivity contribution in [3.05, 3.63) is 65.7 Å². The second-order valence-corrected chi connectivity index (χ2v) is 5.75. The minimum atomic E-state index is -1.17. The van der Waals surface area contributed by atoms with E-state index in [1.807, 2.05) is 61.5 Å². The molecule has 1 N–H and O–H groups in total. The number of hydrogen-bond donors (Lipinski definition) is 1. The summed E-state index contributed by atoms with van der Waals surface area (Å²) in [6.07, 6.45) is -0.687. The van der Waals surface area contributed by atoms with Gasteiger partial charge in [0, 0.05) is 4.90 Å². The SMILES string of the molecule is Cc1ccc([S@](=O)C[C@@H](O)c2ccccc2)cc1. The Hall–Kier alpha value is -1.45. The Morgan fingerprint density at radius 2 is 1.67 bits per heavy atom.